The maximum Gasteiger partial charge on any atom is 0.265 e. The third-order valence-electron chi connectivity index (χ3n) is 6.48. The third kappa shape index (κ3) is 4.89. The predicted molar refractivity (Wildman–Crippen MR) is 146 cm³/mol. The van der Waals surface area contributed by atoms with Gasteiger partial charge in [-0.2, -0.15) is 0 Å². The number of Topliss-reactive ketones (excluding diaryl/α,β-unsaturated/α-hetero) is 1. The van der Waals surface area contributed by atoms with Crippen LogP contribution < -0.4 is 15.6 Å². The summed E-state index contributed by atoms with van der Waals surface area (Å²) in [4.78, 5) is 42.5. The van der Waals surface area contributed by atoms with E-state index >= 15 is 0 Å². The molecule has 1 N–H and O–H groups in total. The Kier molecular flexibility index (Phi) is 8.08. The molecular weight excluding hydrogens is 498 g/mol. The molecule has 7 nitrogen and oxygen atoms in total. The van der Waals surface area contributed by atoms with Gasteiger partial charge < -0.3 is 15.0 Å². The van der Waals surface area contributed by atoms with Gasteiger partial charge >= 0.3 is 0 Å². The summed E-state index contributed by atoms with van der Waals surface area (Å²) in [7, 11) is 1.47. The molecule has 5 rings (SSSR count). The van der Waals surface area contributed by atoms with Crippen molar-refractivity contribution in [2.75, 3.05) is 33.3 Å². The second kappa shape index (κ2) is 11.2. The van der Waals surface area contributed by atoms with Crippen molar-refractivity contribution in [3.05, 3.63) is 75.4 Å². The number of amides is 1. The lowest BCUT2D eigenvalue weighted by Crippen LogP contribution is -2.33. The number of aromatic nitrogens is 1. The van der Waals surface area contributed by atoms with Gasteiger partial charge in [0.15, 0.2) is 11.5 Å². The van der Waals surface area contributed by atoms with Crippen molar-refractivity contribution in [1.82, 2.24) is 14.8 Å². The minimum Gasteiger partial charge on any atom is -0.494 e. The van der Waals surface area contributed by atoms with Gasteiger partial charge in [-0.3, -0.25) is 19.0 Å². The molecule has 0 aliphatic carbocycles. The quantitative estimate of drug-likeness (QED) is 0.346. The normalized spacial score (nSPS) is 13.6. The van der Waals surface area contributed by atoms with Gasteiger partial charge in [0.1, 0.15) is 10.3 Å². The molecule has 2 aromatic heterocycles. The molecule has 4 aromatic rings. The number of carbonyl (C=O) groups excluding carboxylic acids is 2. The fourth-order valence-electron chi connectivity index (χ4n) is 4.72. The number of nitrogens with one attached hydrogen (secondary N) is 1. The van der Waals surface area contributed by atoms with Crippen molar-refractivity contribution in [2.45, 2.75) is 19.4 Å². The fraction of sp³-hybridized carbons (Fsp3) is 0.296. The minimum atomic E-state index is -0.341. The zero-order valence-electron chi connectivity index (χ0n) is 20.0. The molecule has 36 heavy (non-hydrogen) atoms. The van der Waals surface area contributed by atoms with Crippen molar-refractivity contribution in [3.8, 4) is 5.75 Å². The lowest BCUT2D eigenvalue weighted by atomic mass is 10.1. The van der Waals surface area contributed by atoms with Crippen molar-refractivity contribution in [3.63, 3.8) is 0 Å². The predicted octanol–water partition coefficient (Wildman–Crippen LogP) is 4.36. The van der Waals surface area contributed by atoms with Crippen LogP contribution in [0.15, 0.2) is 59.4 Å². The Labute approximate surface area is 219 Å². The van der Waals surface area contributed by atoms with Gasteiger partial charge in [-0.05, 0) is 32.0 Å². The Balaban J connectivity index is 0.00000304. The molecule has 1 aliphatic rings. The molecule has 1 fully saturated rings. The number of benzene rings is 2. The number of hydrogen-bond acceptors (Lipinski definition) is 6. The largest absolute Gasteiger partial charge is 0.494 e. The number of halogens is 1. The van der Waals surface area contributed by atoms with Gasteiger partial charge in [0.25, 0.3) is 11.5 Å². The number of ketones is 1. The van der Waals surface area contributed by atoms with Crippen molar-refractivity contribution in [2.24, 2.45) is 0 Å². The molecule has 1 saturated heterocycles. The van der Waals surface area contributed by atoms with Gasteiger partial charge in [0.2, 0.25) is 0 Å². The summed E-state index contributed by atoms with van der Waals surface area (Å²) in [6.07, 6.45) is 2.40. The molecule has 1 aliphatic heterocycles. The lowest BCUT2D eigenvalue weighted by molar-refractivity contribution is 0.0948. The number of methoxy groups -OCH3 is 1. The molecule has 0 bridgehead atoms. The van der Waals surface area contributed by atoms with Crippen molar-refractivity contribution in [1.29, 1.82) is 0 Å². The van der Waals surface area contributed by atoms with Crippen LogP contribution in [0, 0.1) is 0 Å². The number of fused-ring (bicyclic) bond motifs is 3. The summed E-state index contributed by atoms with van der Waals surface area (Å²) in [5, 5.41) is 4.13. The van der Waals surface area contributed by atoms with Gasteiger partial charge in [0, 0.05) is 24.0 Å². The van der Waals surface area contributed by atoms with Crippen LogP contribution in [0.2, 0.25) is 0 Å². The highest BCUT2D eigenvalue weighted by Crippen LogP contribution is 2.39. The molecule has 2 aromatic carbocycles. The van der Waals surface area contributed by atoms with Gasteiger partial charge in [-0.15, -0.1) is 23.7 Å². The van der Waals surface area contributed by atoms with E-state index in [-0.39, 0.29) is 42.0 Å². The van der Waals surface area contributed by atoms with Crippen LogP contribution >= 0.6 is 23.7 Å². The van der Waals surface area contributed by atoms with Crippen LogP contribution in [0.25, 0.3) is 21.0 Å². The summed E-state index contributed by atoms with van der Waals surface area (Å²) >= 11 is 1.26. The van der Waals surface area contributed by atoms with E-state index in [9.17, 15) is 14.4 Å². The highest BCUT2D eigenvalue weighted by Gasteiger charge is 2.25. The summed E-state index contributed by atoms with van der Waals surface area (Å²) in [5.74, 6) is -0.149. The molecule has 0 unspecified atom stereocenters. The summed E-state index contributed by atoms with van der Waals surface area (Å²) < 4.78 is 7.79. The third-order valence-corrected chi connectivity index (χ3v) is 7.69. The highest BCUT2D eigenvalue weighted by molar-refractivity contribution is 7.22. The second-order valence-corrected chi connectivity index (χ2v) is 9.69. The van der Waals surface area contributed by atoms with E-state index in [1.807, 2.05) is 30.3 Å². The molecule has 188 valence electrons. The van der Waals surface area contributed by atoms with Crippen molar-refractivity contribution < 1.29 is 14.3 Å². The average Bonchev–Trinajstić information content (AvgIpc) is 3.55. The number of hydrogen-bond donors (Lipinski definition) is 1. The maximum atomic E-state index is 13.7. The Hall–Kier alpha value is -3.20. The van der Waals surface area contributed by atoms with Gasteiger partial charge in [-0.1, -0.05) is 48.5 Å². The SMILES string of the molecule is COc1c(C(=O)NCCN2CCCC2)sc2c1c(=O)n(CC(=O)c1ccccc1)c1ccccc21.Cl. The molecule has 0 atom stereocenters. The van der Waals surface area contributed by atoms with Crippen LogP contribution in [0.3, 0.4) is 0 Å². The van der Waals surface area contributed by atoms with Crippen LogP contribution in [0.5, 0.6) is 5.75 Å². The standard InChI is InChI=1S/C27H27N3O4S.ClH/c1-34-23-22-24(35-25(23)26(32)28-13-16-29-14-7-8-15-29)19-11-5-6-12-20(19)30(27(22)33)17-21(31)18-9-3-2-4-10-18;/h2-6,9-12H,7-8,13-17H2,1H3,(H,28,32);1H. The summed E-state index contributed by atoms with van der Waals surface area (Å²) in [6, 6.07) is 16.4. The van der Waals surface area contributed by atoms with E-state index in [2.05, 4.69) is 10.2 Å². The molecule has 1 amide bonds. The number of likely N-dealkylation sites (tertiary alicyclic amines) is 1. The van der Waals surface area contributed by atoms with Crippen LogP contribution in [-0.4, -0.2) is 54.4 Å². The van der Waals surface area contributed by atoms with Crippen molar-refractivity contribution >= 4 is 56.4 Å². The Morgan fingerprint density at radius 2 is 1.72 bits per heavy atom. The van der Waals surface area contributed by atoms with E-state index in [0.29, 0.717) is 32.6 Å². The minimum absolute atomic E-state index is 0. The van der Waals surface area contributed by atoms with E-state index < -0.39 is 0 Å². The number of pyridine rings is 1. The molecule has 0 saturated carbocycles. The fourth-order valence-corrected chi connectivity index (χ4v) is 5.93. The smallest absolute Gasteiger partial charge is 0.265 e. The molecule has 0 radical (unpaired) electrons. The Bertz CT molecular complexity index is 1460. The van der Waals surface area contributed by atoms with Gasteiger partial charge in [-0.25, -0.2) is 0 Å². The number of ether oxygens (including phenoxy) is 1. The Morgan fingerprint density at radius 3 is 2.44 bits per heavy atom. The zero-order chi connectivity index (χ0) is 24.4. The lowest BCUT2D eigenvalue weighted by Gasteiger charge is -2.14. The molecule has 3 heterocycles. The first-order chi connectivity index (χ1) is 17.1. The van der Waals surface area contributed by atoms with E-state index in [1.165, 1.54) is 35.9 Å². The van der Waals surface area contributed by atoms with Crippen LogP contribution in [-0.2, 0) is 6.54 Å². The average molecular weight is 526 g/mol. The zero-order valence-corrected chi connectivity index (χ0v) is 21.6. The first-order valence-corrected chi connectivity index (χ1v) is 12.6. The number of nitrogens with zero attached hydrogens (tertiary/aromatic N) is 2. The first kappa shape index (κ1) is 25.9. The first-order valence-electron chi connectivity index (χ1n) is 11.8. The number of carbonyl (C=O) groups is 2. The molecule has 9 heteroatoms. The highest BCUT2D eigenvalue weighted by atomic mass is 35.5. The number of thiophene rings is 1. The topological polar surface area (TPSA) is 80.6 Å². The van der Waals surface area contributed by atoms with Gasteiger partial charge in [0.05, 0.1) is 23.9 Å². The summed E-state index contributed by atoms with van der Waals surface area (Å²) in [5.41, 5.74) is 0.852. The van der Waals surface area contributed by atoms with Crippen LogP contribution in [0.4, 0.5) is 0 Å². The summed E-state index contributed by atoms with van der Waals surface area (Å²) in [6.45, 7) is 3.36. The molecular formula is C27H28ClN3O4S. The maximum absolute atomic E-state index is 13.7. The van der Waals surface area contributed by atoms with E-state index in [0.717, 1.165) is 25.0 Å². The second-order valence-electron chi connectivity index (χ2n) is 8.67. The number of rotatable bonds is 8. The molecule has 0 spiro atoms. The monoisotopic (exact) mass is 525 g/mol. The Morgan fingerprint density at radius 1 is 1.03 bits per heavy atom. The van der Waals surface area contributed by atoms with E-state index in [4.69, 9.17) is 4.74 Å². The van der Waals surface area contributed by atoms with Crippen LogP contribution in [0.1, 0.15) is 32.9 Å². The van der Waals surface area contributed by atoms with E-state index in [1.54, 1.807) is 24.3 Å². The number of para-hydroxylation sites is 1.